The van der Waals surface area contributed by atoms with E-state index in [2.05, 4.69) is 38.0 Å². The molecule has 0 amide bonds. The zero-order valence-corrected chi connectivity index (χ0v) is 12.0. The Morgan fingerprint density at radius 2 is 1.72 bits per heavy atom. The van der Waals surface area contributed by atoms with Crippen LogP contribution in [0.1, 0.15) is 33.3 Å². The van der Waals surface area contributed by atoms with Gasteiger partial charge in [0, 0.05) is 25.5 Å². The van der Waals surface area contributed by atoms with Gasteiger partial charge in [-0.15, -0.1) is 0 Å². The van der Waals surface area contributed by atoms with Gasteiger partial charge in [-0.1, -0.05) is 27.7 Å². The van der Waals surface area contributed by atoms with Crippen molar-refractivity contribution in [1.82, 2.24) is 10.3 Å². The van der Waals surface area contributed by atoms with Gasteiger partial charge in [-0.05, 0) is 41.5 Å². The summed E-state index contributed by atoms with van der Waals surface area (Å²) in [7, 11) is 0. The Kier molecular flexibility index (Phi) is 5.29. The maximum absolute atomic E-state index is 9.43. The van der Waals surface area contributed by atoms with Crippen LogP contribution in [0.25, 0.3) is 0 Å². The van der Waals surface area contributed by atoms with Crippen molar-refractivity contribution in [2.45, 2.75) is 34.1 Å². The molecule has 0 aliphatic rings. The van der Waals surface area contributed by atoms with E-state index in [0.29, 0.717) is 0 Å². The molecule has 3 nitrogen and oxygen atoms in total. The van der Waals surface area contributed by atoms with Crippen LogP contribution >= 0.6 is 0 Å². The molecule has 1 heterocycles. The van der Waals surface area contributed by atoms with Crippen molar-refractivity contribution < 1.29 is 5.11 Å². The van der Waals surface area contributed by atoms with Crippen LogP contribution in [-0.2, 0) is 6.42 Å². The summed E-state index contributed by atoms with van der Waals surface area (Å²) >= 11 is 0. The number of hydrogen-bond acceptors (Lipinski definition) is 3. The largest absolute Gasteiger partial charge is 0.396 e. The summed E-state index contributed by atoms with van der Waals surface area (Å²) in [5, 5.41) is 12.9. The highest BCUT2D eigenvalue weighted by Gasteiger charge is 2.35. The first-order chi connectivity index (χ1) is 8.39. The molecule has 0 unspecified atom stereocenters. The fourth-order valence-electron chi connectivity index (χ4n) is 1.64. The molecule has 2 N–H and O–H groups in total. The quantitative estimate of drug-likeness (QED) is 0.730. The van der Waals surface area contributed by atoms with E-state index in [1.54, 1.807) is 0 Å². The summed E-state index contributed by atoms with van der Waals surface area (Å²) < 4.78 is 0. The molecule has 102 valence electrons. The summed E-state index contributed by atoms with van der Waals surface area (Å²) in [6.45, 7) is 10.7. The van der Waals surface area contributed by atoms with Gasteiger partial charge >= 0.3 is 0 Å². The molecule has 0 radical (unpaired) electrons. The van der Waals surface area contributed by atoms with Gasteiger partial charge in [-0.2, -0.15) is 0 Å². The second kappa shape index (κ2) is 6.30. The molecule has 0 bridgehead atoms. The van der Waals surface area contributed by atoms with Gasteiger partial charge < -0.3 is 10.4 Å². The van der Waals surface area contributed by atoms with E-state index in [1.807, 2.05) is 24.5 Å². The summed E-state index contributed by atoms with van der Waals surface area (Å²) in [6.07, 6.45) is 4.67. The zero-order valence-electron chi connectivity index (χ0n) is 12.0. The second-order valence-corrected chi connectivity index (χ2v) is 6.21. The highest BCUT2D eigenvalue weighted by molar-refractivity contribution is 5.09. The minimum Gasteiger partial charge on any atom is -0.396 e. The molecule has 1 aromatic heterocycles. The Morgan fingerprint density at radius 3 is 2.28 bits per heavy atom. The molecule has 0 fully saturated rings. The monoisotopic (exact) mass is 250 g/mol. The van der Waals surface area contributed by atoms with Crippen LogP contribution in [0.4, 0.5) is 0 Å². The Morgan fingerprint density at radius 1 is 1.11 bits per heavy atom. The summed E-state index contributed by atoms with van der Waals surface area (Å²) in [5.41, 5.74) is 1.30. The SMILES string of the molecule is CC(C)(CO)C(C)(C)CNCCc1ccncc1. The Balaban J connectivity index is 2.34. The van der Waals surface area contributed by atoms with Gasteiger partial charge in [0.15, 0.2) is 0 Å². The number of nitrogens with zero attached hydrogens (tertiary/aromatic N) is 1. The first-order valence-electron chi connectivity index (χ1n) is 6.59. The van der Waals surface area contributed by atoms with Gasteiger partial charge in [0.05, 0.1) is 0 Å². The Bertz CT molecular complexity index is 347. The number of nitrogens with one attached hydrogen (secondary N) is 1. The molecule has 1 aromatic rings. The van der Waals surface area contributed by atoms with E-state index in [-0.39, 0.29) is 17.4 Å². The van der Waals surface area contributed by atoms with E-state index in [9.17, 15) is 5.11 Å². The molecule has 0 aliphatic heterocycles. The third-order valence-corrected chi connectivity index (χ3v) is 4.13. The number of aliphatic hydroxyl groups is 1. The molecule has 1 rings (SSSR count). The molecule has 3 heteroatoms. The van der Waals surface area contributed by atoms with Crippen molar-refractivity contribution >= 4 is 0 Å². The predicted molar refractivity (Wildman–Crippen MR) is 75.5 cm³/mol. The summed E-state index contributed by atoms with van der Waals surface area (Å²) in [6, 6.07) is 4.09. The van der Waals surface area contributed by atoms with Crippen molar-refractivity contribution in [3.05, 3.63) is 30.1 Å². The fraction of sp³-hybridized carbons (Fsp3) is 0.667. The molecular weight excluding hydrogens is 224 g/mol. The minimum atomic E-state index is -0.0728. The van der Waals surface area contributed by atoms with E-state index >= 15 is 0 Å². The third kappa shape index (κ3) is 4.07. The van der Waals surface area contributed by atoms with Gasteiger partial charge in [0.2, 0.25) is 0 Å². The summed E-state index contributed by atoms with van der Waals surface area (Å²) in [5.74, 6) is 0. The molecule has 0 atom stereocenters. The van der Waals surface area contributed by atoms with Crippen molar-refractivity contribution in [1.29, 1.82) is 0 Å². The lowest BCUT2D eigenvalue weighted by Gasteiger charge is -2.40. The van der Waals surface area contributed by atoms with E-state index < -0.39 is 0 Å². The second-order valence-electron chi connectivity index (χ2n) is 6.21. The Labute approximate surface area is 111 Å². The molecule has 18 heavy (non-hydrogen) atoms. The fourth-order valence-corrected chi connectivity index (χ4v) is 1.64. The van der Waals surface area contributed by atoms with Gasteiger partial charge in [0.1, 0.15) is 0 Å². The lowest BCUT2D eigenvalue weighted by molar-refractivity contribution is 0.0370. The van der Waals surface area contributed by atoms with Gasteiger partial charge in [-0.3, -0.25) is 4.98 Å². The third-order valence-electron chi connectivity index (χ3n) is 4.13. The number of pyridine rings is 1. The topological polar surface area (TPSA) is 45.1 Å². The molecule has 0 aromatic carbocycles. The maximum atomic E-state index is 9.43. The number of rotatable bonds is 7. The lowest BCUT2D eigenvalue weighted by atomic mass is 9.68. The number of aromatic nitrogens is 1. The maximum Gasteiger partial charge on any atom is 0.0487 e. The first kappa shape index (κ1) is 15.1. The van der Waals surface area contributed by atoms with E-state index in [4.69, 9.17) is 0 Å². The number of hydrogen-bond donors (Lipinski definition) is 2. The average molecular weight is 250 g/mol. The molecule has 0 saturated heterocycles. The highest BCUT2D eigenvalue weighted by Crippen LogP contribution is 2.37. The highest BCUT2D eigenvalue weighted by atomic mass is 16.3. The normalized spacial score (nSPS) is 12.7. The van der Waals surface area contributed by atoms with Gasteiger partial charge in [0.25, 0.3) is 0 Å². The lowest BCUT2D eigenvalue weighted by Crippen LogP contribution is -2.43. The van der Waals surface area contributed by atoms with Gasteiger partial charge in [-0.25, -0.2) is 0 Å². The van der Waals surface area contributed by atoms with Crippen LogP contribution < -0.4 is 5.32 Å². The number of aliphatic hydroxyl groups excluding tert-OH is 1. The van der Waals surface area contributed by atoms with Crippen LogP contribution in [0.3, 0.4) is 0 Å². The van der Waals surface area contributed by atoms with Crippen LogP contribution in [0.2, 0.25) is 0 Å². The van der Waals surface area contributed by atoms with E-state index in [1.165, 1.54) is 5.56 Å². The van der Waals surface area contributed by atoms with Crippen LogP contribution in [0.15, 0.2) is 24.5 Å². The van der Waals surface area contributed by atoms with Crippen LogP contribution in [-0.4, -0.2) is 29.8 Å². The predicted octanol–water partition coefficient (Wildman–Crippen LogP) is 2.26. The smallest absolute Gasteiger partial charge is 0.0487 e. The first-order valence-corrected chi connectivity index (χ1v) is 6.59. The van der Waals surface area contributed by atoms with Crippen molar-refractivity contribution in [2.24, 2.45) is 10.8 Å². The molecule has 0 saturated carbocycles. The van der Waals surface area contributed by atoms with Crippen LogP contribution in [0.5, 0.6) is 0 Å². The van der Waals surface area contributed by atoms with Crippen LogP contribution in [0, 0.1) is 10.8 Å². The van der Waals surface area contributed by atoms with E-state index in [0.717, 1.165) is 19.5 Å². The molecular formula is C15H26N2O. The zero-order chi connectivity index (χ0) is 13.6. The minimum absolute atomic E-state index is 0.0694. The Hall–Kier alpha value is -0.930. The standard InChI is InChI=1S/C15H26N2O/c1-14(2,15(3,4)12-18)11-17-10-7-13-5-8-16-9-6-13/h5-6,8-9,17-18H,7,10-12H2,1-4H3. The average Bonchev–Trinajstić information content (AvgIpc) is 2.36. The van der Waals surface area contributed by atoms with Crippen molar-refractivity contribution in [3.63, 3.8) is 0 Å². The molecule has 0 spiro atoms. The summed E-state index contributed by atoms with van der Waals surface area (Å²) in [4.78, 5) is 4.01. The molecule has 0 aliphatic carbocycles. The van der Waals surface area contributed by atoms with Crippen molar-refractivity contribution in [2.75, 3.05) is 19.7 Å². The van der Waals surface area contributed by atoms with Crippen molar-refractivity contribution in [3.8, 4) is 0 Å².